The third-order valence-corrected chi connectivity index (χ3v) is 3.04. The molecule has 0 spiro atoms. The van der Waals surface area contributed by atoms with Crippen LogP contribution < -0.4 is 5.73 Å². The zero-order valence-electron chi connectivity index (χ0n) is 8.13. The van der Waals surface area contributed by atoms with Crippen LogP contribution in [0.4, 0.5) is 4.39 Å². The molecule has 0 saturated heterocycles. The first-order chi connectivity index (χ1) is 7.13. The second-order valence-corrected chi connectivity index (χ2v) is 3.95. The average Bonchev–Trinajstić information content (AvgIpc) is 3.02. The van der Waals surface area contributed by atoms with E-state index in [1.807, 2.05) is 0 Å². The first-order valence-corrected chi connectivity index (χ1v) is 4.76. The van der Waals surface area contributed by atoms with Crippen LogP contribution >= 0.6 is 0 Å². The number of aromatic hydroxyl groups is 1. The van der Waals surface area contributed by atoms with Gasteiger partial charge in [-0.1, -0.05) is 0 Å². The SMILES string of the molecule is N#Cc1cc(C2(CN)CC2)cc(F)c1O. The number of phenols is 1. The van der Waals surface area contributed by atoms with Crippen molar-refractivity contribution in [2.24, 2.45) is 5.73 Å². The molecule has 1 aromatic carbocycles. The molecule has 1 aromatic rings. The van der Waals surface area contributed by atoms with Crippen LogP contribution in [0.2, 0.25) is 0 Å². The van der Waals surface area contributed by atoms with Crippen LogP contribution in [0.15, 0.2) is 12.1 Å². The van der Waals surface area contributed by atoms with E-state index in [2.05, 4.69) is 0 Å². The fraction of sp³-hybridized carbons (Fsp3) is 0.364. The van der Waals surface area contributed by atoms with Crippen LogP contribution in [-0.4, -0.2) is 11.7 Å². The van der Waals surface area contributed by atoms with Gasteiger partial charge in [-0.3, -0.25) is 0 Å². The third kappa shape index (κ3) is 1.45. The molecule has 3 N–H and O–H groups in total. The molecule has 0 radical (unpaired) electrons. The molecule has 0 aromatic heterocycles. The Bertz CT molecular complexity index is 447. The van der Waals surface area contributed by atoms with Crippen LogP contribution in [-0.2, 0) is 5.41 Å². The molecule has 1 aliphatic rings. The molecule has 1 saturated carbocycles. The molecular weight excluding hydrogens is 195 g/mol. The number of rotatable bonds is 2. The second-order valence-electron chi connectivity index (χ2n) is 3.95. The van der Waals surface area contributed by atoms with Gasteiger partial charge in [0.15, 0.2) is 11.6 Å². The molecule has 3 nitrogen and oxygen atoms in total. The molecule has 2 rings (SSSR count). The highest BCUT2D eigenvalue weighted by molar-refractivity contribution is 5.48. The highest BCUT2D eigenvalue weighted by Gasteiger charge is 2.43. The smallest absolute Gasteiger partial charge is 0.169 e. The Labute approximate surface area is 86.9 Å². The summed E-state index contributed by atoms with van der Waals surface area (Å²) in [5.41, 5.74) is 6.14. The van der Waals surface area contributed by atoms with E-state index < -0.39 is 11.6 Å². The zero-order chi connectivity index (χ0) is 11.1. The van der Waals surface area contributed by atoms with E-state index in [0.29, 0.717) is 6.54 Å². The molecule has 1 aliphatic carbocycles. The Kier molecular flexibility index (Phi) is 2.13. The van der Waals surface area contributed by atoms with Gasteiger partial charge >= 0.3 is 0 Å². The van der Waals surface area contributed by atoms with Crippen molar-refractivity contribution in [1.82, 2.24) is 0 Å². The van der Waals surface area contributed by atoms with Gasteiger partial charge in [-0.15, -0.1) is 0 Å². The van der Waals surface area contributed by atoms with Gasteiger partial charge in [0, 0.05) is 12.0 Å². The maximum absolute atomic E-state index is 13.3. The van der Waals surface area contributed by atoms with E-state index in [0.717, 1.165) is 18.4 Å². The number of nitriles is 1. The predicted molar refractivity (Wildman–Crippen MR) is 52.7 cm³/mol. The number of phenolic OH excluding ortho intramolecular Hbond substituents is 1. The van der Waals surface area contributed by atoms with Crippen molar-refractivity contribution in [3.05, 3.63) is 29.1 Å². The van der Waals surface area contributed by atoms with Crippen molar-refractivity contribution in [1.29, 1.82) is 5.26 Å². The Morgan fingerprint density at radius 3 is 2.67 bits per heavy atom. The topological polar surface area (TPSA) is 70.0 Å². The van der Waals surface area contributed by atoms with Crippen LogP contribution in [0.5, 0.6) is 5.75 Å². The highest BCUT2D eigenvalue weighted by atomic mass is 19.1. The van der Waals surface area contributed by atoms with Crippen molar-refractivity contribution in [3.63, 3.8) is 0 Å². The van der Waals surface area contributed by atoms with Crippen molar-refractivity contribution in [3.8, 4) is 11.8 Å². The predicted octanol–water partition coefficient (Wildman–Crippen LogP) is 1.39. The maximum Gasteiger partial charge on any atom is 0.169 e. The summed E-state index contributed by atoms with van der Waals surface area (Å²) in [6.07, 6.45) is 1.83. The van der Waals surface area contributed by atoms with Crippen molar-refractivity contribution >= 4 is 0 Å². The number of nitrogens with two attached hydrogens (primary N) is 1. The first kappa shape index (κ1) is 9.94. The molecule has 0 heterocycles. The summed E-state index contributed by atoms with van der Waals surface area (Å²) in [6.45, 7) is 0.447. The van der Waals surface area contributed by atoms with Gasteiger partial charge in [0.2, 0.25) is 0 Å². The minimum Gasteiger partial charge on any atom is -0.504 e. The lowest BCUT2D eigenvalue weighted by atomic mass is 9.94. The average molecular weight is 206 g/mol. The van der Waals surface area contributed by atoms with E-state index >= 15 is 0 Å². The lowest BCUT2D eigenvalue weighted by molar-refractivity contribution is 0.429. The lowest BCUT2D eigenvalue weighted by Crippen LogP contribution is -2.20. The standard InChI is InChI=1S/C11H11FN2O/c12-9-4-8(11(6-14)1-2-11)3-7(5-13)10(9)15/h3-4,15H,1-2,6,14H2. The Morgan fingerprint density at radius 1 is 1.53 bits per heavy atom. The Hall–Kier alpha value is -1.60. The van der Waals surface area contributed by atoms with E-state index in [4.69, 9.17) is 11.0 Å². The Morgan fingerprint density at radius 2 is 2.20 bits per heavy atom. The van der Waals surface area contributed by atoms with Crippen LogP contribution in [0.3, 0.4) is 0 Å². The second kappa shape index (κ2) is 3.21. The van der Waals surface area contributed by atoms with Gasteiger partial charge < -0.3 is 10.8 Å². The number of hydrogen-bond acceptors (Lipinski definition) is 3. The van der Waals surface area contributed by atoms with E-state index in [1.165, 1.54) is 12.1 Å². The fourth-order valence-corrected chi connectivity index (χ4v) is 1.75. The summed E-state index contributed by atoms with van der Waals surface area (Å²) in [6, 6.07) is 4.57. The number of nitrogens with zero attached hydrogens (tertiary/aromatic N) is 1. The largest absolute Gasteiger partial charge is 0.504 e. The van der Waals surface area contributed by atoms with Gasteiger partial charge in [0.1, 0.15) is 6.07 Å². The molecule has 0 aliphatic heterocycles. The molecule has 78 valence electrons. The van der Waals surface area contributed by atoms with Gasteiger partial charge in [-0.05, 0) is 30.5 Å². The van der Waals surface area contributed by atoms with Gasteiger partial charge in [0.25, 0.3) is 0 Å². The molecule has 0 bridgehead atoms. The quantitative estimate of drug-likeness (QED) is 0.768. The zero-order valence-corrected chi connectivity index (χ0v) is 8.13. The van der Waals surface area contributed by atoms with E-state index in [-0.39, 0.29) is 11.0 Å². The first-order valence-electron chi connectivity index (χ1n) is 4.76. The monoisotopic (exact) mass is 206 g/mol. The summed E-state index contributed by atoms with van der Waals surface area (Å²) in [5, 5.41) is 18.0. The summed E-state index contributed by atoms with van der Waals surface area (Å²) < 4.78 is 13.3. The summed E-state index contributed by atoms with van der Waals surface area (Å²) in [5.74, 6) is -1.32. The summed E-state index contributed by atoms with van der Waals surface area (Å²) in [7, 11) is 0. The minimum atomic E-state index is -0.747. The van der Waals surface area contributed by atoms with Crippen LogP contribution in [0, 0.1) is 17.1 Å². The van der Waals surface area contributed by atoms with Gasteiger partial charge in [-0.25, -0.2) is 4.39 Å². The number of halogens is 1. The van der Waals surface area contributed by atoms with Gasteiger partial charge in [0.05, 0.1) is 5.56 Å². The van der Waals surface area contributed by atoms with Crippen LogP contribution in [0.1, 0.15) is 24.0 Å². The third-order valence-electron chi connectivity index (χ3n) is 3.04. The number of benzene rings is 1. The van der Waals surface area contributed by atoms with Crippen LogP contribution in [0.25, 0.3) is 0 Å². The highest BCUT2D eigenvalue weighted by Crippen LogP contribution is 2.48. The molecule has 0 atom stereocenters. The molecule has 1 fully saturated rings. The van der Waals surface area contributed by atoms with Crippen molar-refractivity contribution in [2.45, 2.75) is 18.3 Å². The van der Waals surface area contributed by atoms with Crippen molar-refractivity contribution in [2.75, 3.05) is 6.54 Å². The summed E-state index contributed by atoms with van der Waals surface area (Å²) in [4.78, 5) is 0. The van der Waals surface area contributed by atoms with Gasteiger partial charge in [-0.2, -0.15) is 5.26 Å². The molecule has 0 unspecified atom stereocenters. The normalized spacial score (nSPS) is 17.1. The molecule has 0 amide bonds. The minimum absolute atomic E-state index is 0.0234. The Balaban J connectivity index is 2.52. The van der Waals surface area contributed by atoms with E-state index in [9.17, 15) is 9.50 Å². The molecular formula is C11H11FN2O. The number of hydrogen-bond donors (Lipinski definition) is 2. The molecule has 15 heavy (non-hydrogen) atoms. The van der Waals surface area contributed by atoms with Crippen molar-refractivity contribution < 1.29 is 9.50 Å². The maximum atomic E-state index is 13.3. The molecule has 4 heteroatoms. The summed E-state index contributed by atoms with van der Waals surface area (Å²) >= 11 is 0. The fourth-order valence-electron chi connectivity index (χ4n) is 1.75. The lowest BCUT2D eigenvalue weighted by Gasteiger charge is -2.13. The van der Waals surface area contributed by atoms with E-state index in [1.54, 1.807) is 6.07 Å².